The van der Waals surface area contributed by atoms with E-state index in [1.54, 1.807) is 0 Å². The monoisotopic (exact) mass is 284 g/mol. The van der Waals surface area contributed by atoms with Gasteiger partial charge in [-0.15, -0.1) is 0 Å². The molecular weight excluding hydrogens is 272 g/mol. The summed E-state index contributed by atoms with van der Waals surface area (Å²) in [6, 6.07) is 11.2. The van der Waals surface area contributed by atoms with Crippen molar-refractivity contribution in [2.75, 3.05) is 0 Å². The van der Waals surface area contributed by atoms with Gasteiger partial charge in [0.15, 0.2) is 0 Å². The Morgan fingerprint density at radius 3 is 2.71 bits per heavy atom. The Balaban J connectivity index is 1.94. The molecule has 0 spiro atoms. The van der Waals surface area contributed by atoms with E-state index >= 15 is 0 Å². The van der Waals surface area contributed by atoms with Gasteiger partial charge in [-0.2, -0.15) is 4.52 Å². The van der Waals surface area contributed by atoms with Gasteiger partial charge in [-0.25, -0.2) is 4.98 Å². The maximum atomic E-state index is 11.9. The molecule has 0 saturated heterocycles. The fraction of sp³-hybridized carbons (Fsp3) is 0.143. The molecule has 0 bridgehead atoms. The number of fused-ring (bicyclic) bond motifs is 1. The van der Waals surface area contributed by atoms with Crippen LogP contribution in [0.25, 0.3) is 5.65 Å². The molecule has 21 heavy (non-hydrogen) atoms. The van der Waals surface area contributed by atoms with Gasteiger partial charge in [-0.3, -0.25) is 20.0 Å². The third-order valence-electron chi connectivity index (χ3n) is 3.24. The second-order valence-corrected chi connectivity index (χ2v) is 4.65. The van der Waals surface area contributed by atoms with Gasteiger partial charge in [0.1, 0.15) is 6.20 Å². The second-order valence-electron chi connectivity index (χ2n) is 4.65. The van der Waals surface area contributed by atoms with Crippen LogP contribution in [-0.4, -0.2) is 19.5 Å². The minimum absolute atomic E-state index is 0.0514. The number of aromatic amines is 1. The van der Waals surface area contributed by atoms with Crippen molar-refractivity contribution in [2.45, 2.75) is 12.8 Å². The van der Waals surface area contributed by atoms with Crippen LogP contribution in [0.3, 0.4) is 0 Å². The van der Waals surface area contributed by atoms with Crippen molar-refractivity contribution in [3.05, 3.63) is 74.3 Å². The summed E-state index contributed by atoms with van der Waals surface area (Å²) in [6.45, 7) is 0. The number of H-pyrrole nitrogens is 1. The van der Waals surface area contributed by atoms with Crippen molar-refractivity contribution in [1.29, 1.82) is 0 Å². The minimum atomic E-state index is -0.556. The van der Waals surface area contributed by atoms with Crippen LogP contribution in [0.4, 0.5) is 5.69 Å². The quantitative estimate of drug-likeness (QED) is 0.583. The van der Waals surface area contributed by atoms with Gasteiger partial charge in [-0.1, -0.05) is 30.3 Å². The molecule has 3 aromatic rings. The van der Waals surface area contributed by atoms with Crippen LogP contribution in [0, 0.1) is 10.1 Å². The highest BCUT2D eigenvalue weighted by molar-refractivity contribution is 5.57. The molecule has 7 nitrogen and oxygen atoms in total. The number of hydrogen-bond acceptors (Lipinski definition) is 4. The minimum Gasteiger partial charge on any atom is -0.290 e. The standard InChI is InChI=1S/C14H12N4O3/c19-13-8-11(7-6-10-4-2-1-3-5-10)16-14-12(18(20)21)9-15-17(13)14/h1-5,8-9,15H,6-7H2. The van der Waals surface area contributed by atoms with E-state index in [0.717, 1.165) is 16.5 Å². The first-order valence-electron chi connectivity index (χ1n) is 6.43. The highest BCUT2D eigenvalue weighted by Crippen LogP contribution is 2.15. The first-order valence-corrected chi connectivity index (χ1v) is 6.43. The lowest BCUT2D eigenvalue weighted by Crippen LogP contribution is -2.16. The van der Waals surface area contributed by atoms with Crippen LogP contribution >= 0.6 is 0 Å². The highest BCUT2D eigenvalue weighted by Gasteiger charge is 2.17. The van der Waals surface area contributed by atoms with Crippen molar-refractivity contribution >= 4 is 11.3 Å². The summed E-state index contributed by atoms with van der Waals surface area (Å²) < 4.78 is 1.07. The van der Waals surface area contributed by atoms with E-state index in [0.29, 0.717) is 12.1 Å². The van der Waals surface area contributed by atoms with Crippen molar-refractivity contribution < 1.29 is 4.92 Å². The van der Waals surface area contributed by atoms with Crippen molar-refractivity contribution in [2.24, 2.45) is 0 Å². The van der Waals surface area contributed by atoms with Crippen molar-refractivity contribution in [3.8, 4) is 0 Å². The van der Waals surface area contributed by atoms with Crippen molar-refractivity contribution in [3.63, 3.8) is 0 Å². The molecule has 1 N–H and O–H groups in total. The largest absolute Gasteiger partial charge is 0.331 e. The lowest BCUT2D eigenvalue weighted by atomic mass is 10.1. The van der Waals surface area contributed by atoms with Crippen LogP contribution in [0.1, 0.15) is 11.3 Å². The zero-order valence-corrected chi connectivity index (χ0v) is 11.0. The van der Waals surface area contributed by atoms with Gasteiger partial charge in [0.2, 0.25) is 5.65 Å². The van der Waals surface area contributed by atoms with Crippen LogP contribution in [0.5, 0.6) is 0 Å². The molecular formula is C14H12N4O3. The van der Waals surface area contributed by atoms with Crippen LogP contribution in [0.2, 0.25) is 0 Å². The Labute approximate surface area is 119 Å². The molecule has 0 radical (unpaired) electrons. The third-order valence-corrected chi connectivity index (χ3v) is 3.24. The smallest absolute Gasteiger partial charge is 0.290 e. The van der Waals surface area contributed by atoms with Gasteiger partial charge in [0.25, 0.3) is 5.56 Å². The first kappa shape index (κ1) is 13.0. The van der Waals surface area contributed by atoms with Gasteiger partial charge >= 0.3 is 5.69 Å². The lowest BCUT2D eigenvalue weighted by molar-refractivity contribution is -0.383. The highest BCUT2D eigenvalue weighted by atomic mass is 16.6. The van der Waals surface area contributed by atoms with Crippen LogP contribution in [-0.2, 0) is 12.8 Å². The molecule has 1 aromatic carbocycles. The Morgan fingerprint density at radius 2 is 2.00 bits per heavy atom. The molecule has 0 amide bonds. The average molecular weight is 284 g/mol. The van der Waals surface area contributed by atoms with Gasteiger partial charge < -0.3 is 0 Å². The predicted octanol–water partition coefficient (Wildman–Crippen LogP) is 1.72. The number of aryl methyl sites for hydroxylation is 2. The maximum Gasteiger partial charge on any atom is 0.331 e. The molecule has 0 fully saturated rings. The number of nitrogens with zero attached hydrogens (tertiary/aromatic N) is 3. The van der Waals surface area contributed by atoms with Crippen LogP contribution in [0.15, 0.2) is 47.4 Å². The SMILES string of the molecule is O=c1cc(CCc2ccccc2)nc2c([N+](=O)[O-])c[nH]n12. The molecule has 0 saturated carbocycles. The zero-order chi connectivity index (χ0) is 14.8. The van der Waals surface area contributed by atoms with E-state index in [-0.39, 0.29) is 16.9 Å². The molecule has 0 aliphatic heterocycles. The number of hydrogen-bond donors (Lipinski definition) is 1. The third kappa shape index (κ3) is 2.53. The maximum absolute atomic E-state index is 11.9. The van der Waals surface area contributed by atoms with Gasteiger partial charge in [0.05, 0.1) is 4.92 Å². The van der Waals surface area contributed by atoms with E-state index in [2.05, 4.69) is 10.1 Å². The Bertz CT molecular complexity index is 852. The zero-order valence-electron chi connectivity index (χ0n) is 11.0. The summed E-state index contributed by atoms with van der Waals surface area (Å²) in [5.74, 6) is 0. The molecule has 3 rings (SSSR count). The lowest BCUT2D eigenvalue weighted by Gasteiger charge is -2.01. The summed E-state index contributed by atoms with van der Waals surface area (Å²) in [4.78, 5) is 26.5. The fourth-order valence-corrected chi connectivity index (χ4v) is 2.20. The number of nitrogens with one attached hydrogen (secondary N) is 1. The molecule has 0 unspecified atom stereocenters. The predicted molar refractivity (Wildman–Crippen MR) is 76.3 cm³/mol. The molecule has 0 aliphatic carbocycles. The second kappa shape index (κ2) is 5.20. The number of nitro groups is 1. The van der Waals surface area contributed by atoms with E-state index in [4.69, 9.17) is 0 Å². The fourth-order valence-electron chi connectivity index (χ4n) is 2.20. The molecule has 0 aliphatic rings. The Hall–Kier alpha value is -2.96. The molecule has 0 atom stereocenters. The summed E-state index contributed by atoms with van der Waals surface area (Å²) in [6.07, 6.45) is 2.45. The van der Waals surface area contributed by atoms with E-state index in [1.807, 2.05) is 30.3 Å². The first-order chi connectivity index (χ1) is 10.1. The summed E-state index contributed by atoms with van der Waals surface area (Å²) in [5.41, 5.74) is 1.18. The Morgan fingerprint density at radius 1 is 1.24 bits per heavy atom. The molecule has 7 heteroatoms. The average Bonchev–Trinajstić information content (AvgIpc) is 2.91. The molecule has 106 valence electrons. The van der Waals surface area contributed by atoms with E-state index < -0.39 is 4.92 Å². The number of benzene rings is 1. The number of aromatic nitrogens is 3. The van der Waals surface area contributed by atoms with Gasteiger partial charge in [-0.05, 0) is 18.4 Å². The molecule has 2 heterocycles. The summed E-state index contributed by atoms with van der Waals surface area (Å²) in [7, 11) is 0. The Kier molecular flexibility index (Phi) is 3.23. The normalized spacial score (nSPS) is 10.9. The van der Waals surface area contributed by atoms with E-state index in [9.17, 15) is 14.9 Å². The topological polar surface area (TPSA) is 93.3 Å². The molecule has 2 aromatic heterocycles. The summed E-state index contributed by atoms with van der Waals surface area (Å²) in [5, 5.41) is 13.4. The van der Waals surface area contributed by atoms with E-state index in [1.165, 1.54) is 12.3 Å². The number of rotatable bonds is 4. The van der Waals surface area contributed by atoms with Gasteiger partial charge in [0, 0.05) is 11.8 Å². The summed E-state index contributed by atoms with van der Waals surface area (Å²) >= 11 is 0. The van der Waals surface area contributed by atoms with Crippen LogP contribution < -0.4 is 5.56 Å². The van der Waals surface area contributed by atoms with Crippen molar-refractivity contribution in [1.82, 2.24) is 14.6 Å².